The molecule has 0 saturated carbocycles. The van der Waals surface area contributed by atoms with Crippen molar-refractivity contribution in [1.82, 2.24) is 5.32 Å². The molecule has 2 N–H and O–H groups in total. The van der Waals surface area contributed by atoms with Crippen LogP contribution in [0.25, 0.3) is 0 Å². The second-order valence-corrected chi connectivity index (χ2v) is 4.36. The van der Waals surface area contributed by atoms with Gasteiger partial charge in [-0.05, 0) is 31.2 Å². The molecule has 0 aliphatic heterocycles. The van der Waals surface area contributed by atoms with Crippen molar-refractivity contribution >= 4 is 11.7 Å². The lowest BCUT2D eigenvalue weighted by atomic mass is 10.2. The molecule has 0 saturated heterocycles. The Morgan fingerprint density at radius 2 is 1.86 bits per heavy atom. The summed E-state index contributed by atoms with van der Waals surface area (Å²) in [5.41, 5.74) is 0.990. The van der Waals surface area contributed by atoms with Crippen LogP contribution < -0.4 is 15.4 Å². The molecule has 2 amide bonds. The van der Waals surface area contributed by atoms with Crippen molar-refractivity contribution in [2.24, 2.45) is 0 Å². The summed E-state index contributed by atoms with van der Waals surface area (Å²) >= 11 is 0. The largest absolute Gasteiger partial charge is 0.473 e. The van der Waals surface area contributed by atoms with E-state index < -0.39 is 17.7 Å². The van der Waals surface area contributed by atoms with E-state index in [1.807, 2.05) is 19.1 Å². The van der Waals surface area contributed by atoms with Crippen molar-refractivity contribution in [2.75, 3.05) is 12.0 Å². The summed E-state index contributed by atoms with van der Waals surface area (Å²) < 4.78 is 31.3. The number of carbonyl (C=O) groups is 1. The molecule has 4 nitrogen and oxygen atoms in total. The van der Waals surface area contributed by atoms with Gasteiger partial charge in [-0.3, -0.25) is 0 Å². The Morgan fingerprint density at radius 3 is 2.52 bits per heavy atom. The van der Waals surface area contributed by atoms with Gasteiger partial charge in [0.05, 0.1) is 5.69 Å². The summed E-state index contributed by atoms with van der Waals surface area (Å²) in [4.78, 5) is 11.5. The fourth-order valence-corrected chi connectivity index (χ4v) is 1.58. The number of ether oxygens (including phenoxy) is 1. The van der Waals surface area contributed by atoms with Crippen LogP contribution in [0.2, 0.25) is 0 Å². The molecule has 0 radical (unpaired) electrons. The van der Waals surface area contributed by atoms with Crippen molar-refractivity contribution < 1.29 is 18.3 Å². The van der Waals surface area contributed by atoms with Crippen LogP contribution in [0.1, 0.15) is 5.56 Å². The van der Waals surface area contributed by atoms with E-state index in [9.17, 15) is 13.6 Å². The number of carbonyl (C=O) groups excluding carboxylic acids is 1. The van der Waals surface area contributed by atoms with E-state index in [4.69, 9.17) is 4.74 Å². The van der Waals surface area contributed by atoms with Crippen molar-refractivity contribution in [3.63, 3.8) is 0 Å². The minimum atomic E-state index is -0.843. The van der Waals surface area contributed by atoms with E-state index in [2.05, 4.69) is 10.6 Å². The molecule has 0 bridgehead atoms. The molecule has 2 rings (SSSR count). The summed E-state index contributed by atoms with van der Waals surface area (Å²) in [6.45, 7) is 1.88. The van der Waals surface area contributed by atoms with Crippen molar-refractivity contribution in [3.8, 4) is 5.75 Å². The fourth-order valence-electron chi connectivity index (χ4n) is 1.58. The molecule has 0 aliphatic rings. The highest BCUT2D eigenvalue weighted by atomic mass is 19.1. The molecule has 0 aliphatic carbocycles. The van der Waals surface area contributed by atoms with Crippen molar-refractivity contribution in [3.05, 3.63) is 59.7 Å². The Hall–Kier alpha value is -2.63. The first kappa shape index (κ1) is 14.8. The molecule has 2 aromatic rings. The summed E-state index contributed by atoms with van der Waals surface area (Å²) in [5.74, 6) is -0.945. The summed E-state index contributed by atoms with van der Waals surface area (Å²) in [6.07, 6.45) is 0. The molecule has 110 valence electrons. The van der Waals surface area contributed by atoms with Gasteiger partial charge in [-0.1, -0.05) is 17.7 Å². The molecular formula is C15H14F2N2O2. The third kappa shape index (κ3) is 4.45. The first-order valence-electron chi connectivity index (χ1n) is 6.24. The molecule has 0 heterocycles. The molecular weight excluding hydrogens is 278 g/mol. The SMILES string of the molecule is Cc1ccc(OCNC(=O)Nc2ccc(F)cc2F)cc1. The van der Waals surface area contributed by atoms with Crippen molar-refractivity contribution in [1.29, 1.82) is 0 Å². The maximum absolute atomic E-state index is 13.3. The first-order chi connectivity index (χ1) is 10.0. The maximum Gasteiger partial charge on any atom is 0.321 e. The van der Waals surface area contributed by atoms with Crippen LogP contribution >= 0.6 is 0 Å². The molecule has 0 spiro atoms. The third-order valence-corrected chi connectivity index (χ3v) is 2.67. The van der Waals surface area contributed by atoms with E-state index in [-0.39, 0.29) is 12.4 Å². The van der Waals surface area contributed by atoms with Gasteiger partial charge in [0.15, 0.2) is 6.73 Å². The van der Waals surface area contributed by atoms with Crippen LogP contribution in [-0.2, 0) is 0 Å². The van der Waals surface area contributed by atoms with Crippen LogP contribution in [0.4, 0.5) is 19.3 Å². The summed E-state index contributed by atoms with van der Waals surface area (Å²) in [6, 6.07) is 9.55. The minimum absolute atomic E-state index is 0.0717. The normalized spacial score (nSPS) is 10.0. The zero-order chi connectivity index (χ0) is 15.2. The van der Waals surface area contributed by atoms with Crippen LogP contribution in [0.3, 0.4) is 0 Å². The molecule has 6 heteroatoms. The predicted octanol–water partition coefficient (Wildman–Crippen LogP) is 3.43. The molecule has 21 heavy (non-hydrogen) atoms. The van der Waals surface area contributed by atoms with Gasteiger partial charge in [-0.2, -0.15) is 0 Å². The molecule has 0 atom stereocenters. The van der Waals surface area contributed by atoms with Crippen molar-refractivity contribution in [2.45, 2.75) is 6.92 Å². The Kier molecular flexibility index (Phi) is 4.71. The number of nitrogens with one attached hydrogen (secondary N) is 2. The quantitative estimate of drug-likeness (QED) is 0.848. The van der Waals surface area contributed by atoms with Crippen LogP contribution in [0.15, 0.2) is 42.5 Å². The van der Waals surface area contributed by atoms with E-state index >= 15 is 0 Å². The zero-order valence-electron chi connectivity index (χ0n) is 11.3. The highest BCUT2D eigenvalue weighted by Gasteiger charge is 2.07. The monoisotopic (exact) mass is 292 g/mol. The lowest BCUT2D eigenvalue weighted by Gasteiger charge is -2.10. The second-order valence-electron chi connectivity index (χ2n) is 4.36. The molecule has 0 aromatic heterocycles. The van der Waals surface area contributed by atoms with E-state index in [0.29, 0.717) is 11.8 Å². The fraction of sp³-hybridized carbons (Fsp3) is 0.133. The number of hydrogen-bond acceptors (Lipinski definition) is 2. The summed E-state index contributed by atoms with van der Waals surface area (Å²) in [7, 11) is 0. The number of halogens is 2. The summed E-state index contributed by atoms with van der Waals surface area (Å²) in [5, 5.41) is 4.66. The van der Waals surface area contributed by atoms with E-state index in [1.165, 1.54) is 0 Å². The van der Waals surface area contributed by atoms with E-state index in [1.54, 1.807) is 12.1 Å². The average Bonchev–Trinajstić information content (AvgIpc) is 2.44. The molecule has 0 unspecified atom stereocenters. The topological polar surface area (TPSA) is 50.4 Å². The lowest BCUT2D eigenvalue weighted by Crippen LogP contribution is -2.32. The smallest absolute Gasteiger partial charge is 0.321 e. The number of amides is 2. The van der Waals surface area contributed by atoms with Gasteiger partial charge in [0.2, 0.25) is 0 Å². The zero-order valence-corrected chi connectivity index (χ0v) is 11.3. The molecule has 2 aromatic carbocycles. The number of hydrogen-bond donors (Lipinski definition) is 2. The van der Waals surface area contributed by atoms with Gasteiger partial charge in [0.1, 0.15) is 17.4 Å². The minimum Gasteiger partial charge on any atom is -0.473 e. The number of benzene rings is 2. The van der Waals surface area contributed by atoms with Gasteiger partial charge < -0.3 is 15.4 Å². The first-order valence-corrected chi connectivity index (χ1v) is 6.24. The van der Waals surface area contributed by atoms with Crippen LogP contribution in [-0.4, -0.2) is 12.8 Å². The Bertz CT molecular complexity index is 630. The van der Waals surface area contributed by atoms with Gasteiger partial charge in [-0.25, -0.2) is 13.6 Å². The predicted molar refractivity (Wildman–Crippen MR) is 75.2 cm³/mol. The highest BCUT2D eigenvalue weighted by molar-refractivity contribution is 5.89. The van der Waals surface area contributed by atoms with Gasteiger partial charge >= 0.3 is 6.03 Å². The van der Waals surface area contributed by atoms with E-state index in [0.717, 1.165) is 17.7 Å². The average molecular weight is 292 g/mol. The Morgan fingerprint density at radius 1 is 1.14 bits per heavy atom. The third-order valence-electron chi connectivity index (χ3n) is 2.67. The van der Waals surface area contributed by atoms with Gasteiger partial charge in [-0.15, -0.1) is 0 Å². The maximum atomic E-state index is 13.3. The second kappa shape index (κ2) is 6.69. The lowest BCUT2D eigenvalue weighted by molar-refractivity contribution is 0.234. The molecule has 0 fully saturated rings. The Labute approximate surface area is 120 Å². The van der Waals surface area contributed by atoms with Gasteiger partial charge in [0, 0.05) is 6.07 Å². The Balaban J connectivity index is 1.81. The number of aryl methyl sites for hydroxylation is 1. The van der Waals surface area contributed by atoms with Crippen LogP contribution in [0.5, 0.6) is 5.75 Å². The number of urea groups is 1. The number of rotatable bonds is 4. The number of anilines is 1. The van der Waals surface area contributed by atoms with Gasteiger partial charge in [0.25, 0.3) is 0 Å². The standard InChI is InChI=1S/C15H14F2N2O2/c1-10-2-5-12(6-3-10)21-9-18-15(20)19-14-7-4-11(16)8-13(14)17/h2-8H,9H2,1H3,(H2,18,19,20). The van der Waals surface area contributed by atoms with Crippen LogP contribution in [0, 0.1) is 18.6 Å². The highest BCUT2D eigenvalue weighted by Crippen LogP contribution is 2.14.